The van der Waals surface area contributed by atoms with Crippen LogP contribution in [0.5, 0.6) is 0 Å². The van der Waals surface area contributed by atoms with E-state index in [2.05, 4.69) is 19.2 Å². The molecule has 2 aliphatic carbocycles. The minimum Gasteiger partial charge on any atom is -0.356 e. The van der Waals surface area contributed by atoms with Crippen LogP contribution in [-0.4, -0.2) is 18.5 Å². The zero-order valence-electron chi connectivity index (χ0n) is 13.0. The summed E-state index contributed by atoms with van der Waals surface area (Å²) in [6.07, 6.45) is 9.20. The molecule has 118 valence electrons. The molecule has 20 heavy (non-hydrogen) atoms. The van der Waals surface area contributed by atoms with E-state index < -0.39 is 0 Å². The minimum absolute atomic E-state index is 0. The number of carbonyl (C=O) groups is 1. The van der Waals surface area contributed by atoms with E-state index in [1.54, 1.807) is 0 Å². The molecule has 0 heterocycles. The Morgan fingerprint density at radius 3 is 2.45 bits per heavy atom. The average Bonchev–Trinajstić information content (AvgIpc) is 2.68. The first kappa shape index (κ1) is 17.8. The van der Waals surface area contributed by atoms with E-state index in [-0.39, 0.29) is 24.4 Å². The standard InChI is InChI=1S/C16H30N2O.ClH/c1-12(2)10-16(7-4-8-16)11-18-15(19)9-13-5-3-6-14(13)17;/h12-14H,3-11,17H2,1-2H3,(H,18,19);1H/t13-,14+;/m0./s1. The first-order valence-corrected chi connectivity index (χ1v) is 8.03. The predicted molar refractivity (Wildman–Crippen MR) is 85.9 cm³/mol. The minimum atomic E-state index is 0. The van der Waals surface area contributed by atoms with Gasteiger partial charge in [-0.2, -0.15) is 0 Å². The number of hydrogen-bond acceptors (Lipinski definition) is 2. The highest BCUT2D eigenvalue weighted by Crippen LogP contribution is 2.45. The van der Waals surface area contributed by atoms with Crippen LogP contribution in [0, 0.1) is 17.3 Å². The van der Waals surface area contributed by atoms with Crippen LogP contribution >= 0.6 is 12.4 Å². The first-order valence-electron chi connectivity index (χ1n) is 8.03. The Morgan fingerprint density at radius 1 is 1.30 bits per heavy atom. The highest BCUT2D eigenvalue weighted by Gasteiger charge is 2.37. The summed E-state index contributed by atoms with van der Waals surface area (Å²) in [5, 5.41) is 3.18. The van der Waals surface area contributed by atoms with Gasteiger partial charge in [-0.3, -0.25) is 4.79 Å². The van der Waals surface area contributed by atoms with Crippen molar-refractivity contribution in [2.75, 3.05) is 6.54 Å². The molecule has 2 atom stereocenters. The molecule has 2 saturated carbocycles. The van der Waals surface area contributed by atoms with Gasteiger partial charge in [0.05, 0.1) is 0 Å². The van der Waals surface area contributed by atoms with E-state index in [0.717, 1.165) is 25.3 Å². The molecule has 0 saturated heterocycles. The molecule has 0 aromatic carbocycles. The molecule has 1 amide bonds. The number of carbonyl (C=O) groups excluding carboxylic acids is 1. The Morgan fingerprint density at radius 2 is 2.00 bits per heavy atom. The summed E-state index contributed by atoms with van der Waals surface area (Å²) in [5.74, 6) is 1.36. The monoisotopic (exact) mass is 302 g/mol. The second kappa shape index (κ2) is 7.65. The molecule has 3 N–H and O–H groups in total. The van der Waals surface area contributed by atoms with Crippen molar-refractivity contribution in [3.63, 3.8) is 0 Å². The molecule has 0 bridgehead atoms. The van der Waals surface area contributed by atoms with Crippen LogP contribution in [-0.2, 0) is 4.79 Å². The Hall–Kier alpha value is -0.280. The molecule has 2 fully saturated rings. The summed E-state index contributed by atoms with van der Waals surface area (Å²) < 4.78 is 0. The Balaban J connectivity index is 0.00000200. The fraction of sp³-hybridized carbons (Fsp3) is 0.938. The molecule has 2 rings (SSSR count). The molecule has 0 aromatic rings. The smallest absolute Gasteiger partial charge is 0.220 e. The second-order valence-electron chi connectivity index (χ2n) is 7.29. The zero-order valence-corrected chi connectivity index (χ0v) is 13.8. The number of nitrogens with two attached hydrogens (primary N) is 1. The van der Waals surface area contributed by atoms with Crippen molar-refractivity contribution in [2.45, 2.75) is 71.3 Å². The Kier molecular flexibility index (Phi) is 6.80. The van der Waals surface area contributed by atoms with Crippen LogP contribution in [0.15, 0.2) is 0 Å². The number of hydrogen-bond donors (Lipinski definition) is 2. The maximum atomic E-state index is 12.1. The molecule has 0 aromatic heterocycles. The largest absolute Gasteiger partial charge is 0.356 e. The Labute approximate surface area is 129 Å². The number of amides is 1. The predicted octanol–water partition coefficient (Wildman–Crippen LogP) is 3.26. The molecule has 0 aliphatic heterocycles. The van der Waals surface area contributed by atoms with Gasteiger partial charge in [0, 0.05) is 19.0 Å². The van der Waals surface area contributed by atoms with Gasteiger partial charge >= 0.3 is 0 Å². The van der Waals surface area contributed by atoms with Crippen molar-refractivity contribution in [2.24, 2.45) is 23.0 Å². The third-order valence-electron chi connectivity index (χ3n) is 5.08. The van der Waals surface area contributed by atoms with Gasteiger partial charge in [-0.1, -0.05) is 26.7 Å². The molecule has 0 radical (unpaired) electrons. The van der Waals surface area contributed by atoms with Crippen LogP contribution in [0.2, 0.25) is 0 Å². The zero-order chi connectivity index (χ0) is 13.9. The van der Waals surface area contributed by atoms with Crippen molar-refractivity contribution in [1.29, 1.82) is 0 Å². The van der Waals surface area contributed by atoms with Crippen molar-refractivity contribution in [3.05, 3.63) is 0 Å². The quantitative estimate of drug-likeness (QED) is 0.791. The molecule has 3 nitrogen and oxygen atoms in total. The highest BCUT2D eigenvalue weighted by atomic mass is 35.5. The third kappa shape index (κ3) is 4.63. The van der Waals surface area contributed by atoms with Crippen molar-refractivity contribution < 1.29 is 4.79 Å². The van der Waals surface area contributed by atoms with Crippen molar-refractivity contribution in [1.82, 2.24) is 5.32 Å². The van der Waals surface area contributed by atoms with Crippen LogP contribution in [0.25, 0.3) is 0 Å². The molecular weight excluding hydrogens is 272 g/mol. The topological polar surface area (TPSA) is 55.1 Å². The summed E-state index contributed by atoms with van der Waals surface area (Å²) in [4.78, 5) is 12.1. The average molecular weight is 303 g/mol. The number of nitrogens with one attached hydrogen (secondary N) is 1. The van der Waals surface area contributed by atoms with Gasteiger partial charge in [-0.15, -0.1) is 12.4 Å². The fourth-order valence-electron chi connectivity index (χ4n) is 3.91. The van der Waals surface area contributed by atoms with Crippen LogP contribution < -0.4 is 11.1 Å². The summed E-state index contributed by atoms with van der Waals surface area (Å²) >= 11 is 0. The lowest BCUT2D eigenvalue weighted by Crippen LogP contribution is -2.43. The van der Waals surface area contributed by atoms with Gasteiger partial charge in [-0.05, 0) is 49.4 Å². The molecule has 2 aliphatic rings. The van der Waals surface area contributed by atoms with Crippen molar-refractivity contribution >= 4 is 18.3 Å². The van der Waals surface area contributed by atoms with Gasteiger partial charge in [0.25, 0.3) is 0 Å². The molecule has 0 spiro atoms. The van der Waals surface area contributed by atoms with Gasteiger partial charge < -0.3 is 11.1 Å². The summed E-state index contributed by atoms with van der Waals surface area (Å²) in [6.45, 7) is 5.44. The summed E-state index contributed by atoms with van der Waals surface area (Å²) in [7, 11) is 0. The Bertz CT molecular complexity index is 316. The van der Waals surface area contributed by atoms with Gasteiger partial charge in [0.15, 0.2) is 0 Å². The third-order valence-corrected chi connectivity index (χ3v) is 5.08. The van der Waals surface area contributed by atoms with E-state index in [4.69, 9.17) is 5.73 Å². The lowest BCUT2D eigenvalue weighted by atomic mass is 9.64. The molecular formula is C16H31ClN2O. The maximum Gasteiger partial charge on any atom is 0.220 e. The van der Waals surface area contributed by atoms with E-state index in [9.17, 15) is 4.79 Å². The van der Waals surface area contributed by atoms with Crippen LogP contribution in [0.1, 0.15) is 65.2 Å². The lowest BCUT2D eigenvalue weighted by Gasteiger charge is -2.43. The number of halogens is 1. The summed E-state index contributed by atoms with van der Waals surface area (Å²) in [5.41, 5.74) is 6.44. The van der Waals surface area contributed by atoms with E-state index in [0.29, 0.717) is 17.8 Å². The maximum absolute atomic E-state index is 12.1. The molecule has 4 heteroatoms. The highest BCUT2D eigenvalue weighted by molar-refractivity contribution is 5.85. The normalized spacial score (nSPS) is 27.8. The lowest BCUT2D eigenvalue weighted by molar-refractivity contribution is -0.123. The summed E-state index contributed by atoms with van der Waals surface area (Å²) in [6, 6.07) is 0.249. The molecule has 0 unspecified atom stereocenters. The second-order valence-corrected chi connectivity index (χ2v) is 7.29. The van der Waals surface area contributed by atoms with E-state index in [1.165, 1.54) is 32.1 Å². The SMILES string of the molecule is CC(C)CC1(CNC(=O)C[C@@H]2CCC[C@H]2N)CCC1.Cl. The number of rotatable bonds is 6. The van der Waals surface area contributed by atoms with Gasteiger partial charge in [-0.25, -0.2) is 0 Å². The van der Waals surface area contributed by atoms with E-state index in [1.807, 2.05) is 0 Å². The van der Waals surface area contributed by atoms with Crippen molar-refractivity contribution in [3.8, 4) is 0 Å². The van der Waals surface area contributed by atoms with Crippen LogP contribution in [0.3, 0.4) is 0 Å². The first-order chi connectivity index (χ1) is 9.01. The fourth-order valence-corrected chi connectivity index (χ4v) is 3.91. The van der Waals surface area contributed by atoms with Crippen LogP contribution in [0.4, 0.5) is 0 Å². The van der Waals surface area contributed by atoms with E-state index >= 15 is 0 Å². The van der Waals surface area contributed by atoms with Gasteiger partial charge in [0.2, 0.25) is 5.91 Å². The van der Waals surface area contributed by atoms with Gasteiger partial charge in [0.1, 0.15) is 0 Å².